The lowest BCUT2D eigenvalue weighted by Gasteiger charge is -2.34. The Morgan fingerprint density at radius 3 is 2.90 bits per heavy atom. The molecule has 2 nitrogen and oxygen atoms in total. The Hall–Kier alpha value is 0.690. The zero-order chi connectivity index (χ0) is 7.61. The minimum atomic E-state index is -0.439. The maximum Gasteiger partial charge on any atom is 0.0825 e. The average Bonchev–Trinajstić information content (AvgIpc) is 1.96. The first-order chi connectivity index (χ1) is 4.69. The van der Waals surface area contributed by atoms with Crippen molar-refractivity contribution in [2.24, 2.45) is 0 Å². The molecule has 0 radical (unpaired) electrons. The fourth-order valence-corrected chi connectivity index (χ4v) is 1.82. The molecule has 0 bridgehead atoms. The summed E-state index contributed by atoms with van der Waals surface area (Å²) < 4.78 is 0. The van der Waals surface area contributed by atoms with Crippen molar-refractivity contribution >= 4 is 27.5 Å². The lowest BCUT2D eigenvalue weighted by molar-refractivity contribution is 0.221. The van der Waals surface area contributed by atoms with Gasteiger partial charge >= 0.3 is 0 Å². The second-order valence-electron chi connectivity index (χ2n) is 2.61. The topological polar surface area (TPSA) is 32.3 Å². The molecule has 1 aliphatic rings. The van der Waals surface area contributed by atoms with Crippen LogP contribution in [-0.2, 0) is 0 Å². The van der Waals surface area contributed by atoms with Crippen LogP contribution in [0.1, 0.15) is 6.42 Å². The number of piperidine rings is 1. The van der Waals surface area contributed by atoms with Crippen LogP contribution < -0.4 is 5.32 Å². The van der Waals surface area contributed by atoms with Crippen LogP contribution >= 0.6 is 27.5 Å². The molecule has 1 heterocycles. The first kappa shape index (κ1) is 8.78. The third-order valence-electron chi connectivity index (χ3n) is 1.87. The third-order valence-corrected chi connectivity index (χ3v) is 3.90. The summed E-state index contributed by atoms with van der Waals surface area (Å²) in [5.74, 6) is 0. The number of alkyl halides is 2. The number of aliphatic hydroxyl groups is 1. The van der Waals surface area contributed by atoms with E-state index in [-0.39, 0.29) is 11.4 Å². The molecule has 60 valence electrons. The molecule has 4 heteroatoms. The second kappa shape index (κ2) is 3.39. The van der Waals surface area contributed by atoms with Crippen molar-refractivity contribution in [3.05, 3.63) is 0 Å². The zero-order valence-electron chi connectivity index (χ0n) is 5.61. The predicted molar refractivity (Wildman–Crippen MR) is 45.9 cm³/mol. The summed E-state index contributed by atoms with van der Waals surface area (Å²) in [6.07, 6.45) is 0.820. The summed E-state index contributed by atoms with van der Waals surface area (Å²) in [5, 5.41) is 12.1. The van der Waals surface area contributed by atoms with E-state index in [9.17, 15) is 0 Å². The zero-order valence-corrected chi connectivity index (χ0v) is 7.95. The molecule has 1 fully saturated rings. The van der Waals surface area contributed by atoms with Crippen LogP contribution in [0.4, 0.5) is 0 Å². The summed E-state index contributed by atoms with van der Waals surface area (Å²) >= 11 is 9.49. The molecule has 0 saturated carbocycles. The van der Waals surface area contributed by atoms with Gasteiger partial charge in [-0.3, -0.25) is 0 Å². The number of halogens is 2. The maximum atomic E-state index is 8.93. The highest BCUT2D eigenvalue weighted by Gasteiger charge is 2.36. The van der Waals surface area contributed by atoms with E-state index in [1.807, 2.05) is 0 Å². The summed E-state index contributed by atoms with van der Waals surface area (Å²) in [4.78, 5) is -0.258. The fourth-order valence-electron chi connectivity index (χ4n) is 1.04. The van der Waals surface area contributed by atoms with Gasteiger partial charge in [-0.05, 0) is 13.0 Å². The monoisotopic (exact) mass is 227 g/mol. The van der Waals surface area contributed by atoms with E-state index in [1.54, 1.807) is 0 Å². The SMILES string of the molecule is OCC1(Cl)CCNCC1Br. The van der Waals surface area contributed by atoms with E-state index in [4.69, 9.17) is 16.7 Å². The predicted octanol–water partition coefficient (Wildman–Crippen LogP) is 0.713. The molecular formula is C6H11BrClNO. The van der Waals surface area contributed by atoms with Crippen LogP contribution in [0.15, 0.2) is 0 Å². The number of rotatable bonds is 1. The normalized spacial score (nSPS) is 41.7. The molecule has 10 heavy (non-hydrogen) atoms. The summed E-state index contributed by atoms with van der Waals surface area (Å²) in [6.45, 7) is 1.78. The Bertz CT molecular complexity index is 124. The summed E-state index contributed by atoms with van der Waals surface area (Å²) in [7, 11) is 0. The van der Waals surface area contributed by atoms with Gasteiger partial charge in [-0.2, -0.15) is 0 Å². The van der Waals surface area contributed by atoms with E-state index in [2.05, 4.69) is 21.2 Å². The van der Waals surface area contributed by atoms with Crippen molar-refractivity contribution in [2.45, 2.75) is 16.1 Å². The first-order valence-electron chi connectivity index (χ1n) is 3.33. The van der Waals surface area contributed by atoms with E-state index in [0.717, 1.165) is 19.5 Å². The van der Waals surface area contributed by atoms with Crippen molar-refractivity contribution < 1.29 is 5.11 Å². The summed E-state index contributed by atoms with van der Waals surface area (Å²) in [6, 6.07) is 0. The fraction of sp³-hybridized carbons (Fsp3) is 1.00. The lowest BCUT2D eigenvalue weighted by atomic mass is 9.98. The van der Waals surface area contributed by atoms with Gasteiger partial charge in [-0.1, -0.05) is 15.9 Å². The van der Waals surface area contributed by atoms with Crippen LogP contribution in [0.3, 0.4) is 0 Å². The van der Waals surface area contributed by atoms with Crippen molar-refractivity contribution in [1.82, 2.24) is 5.32 Å². The van der Waals surface area contributed by atoms with Crippen molar-refractivity contribution in [1.29, 1.82) is 0 Å². The number of hydrogen-bond acceptors (Lipinski definition) is 2. The van der Waals surface area contributed by atoms with E-state index >= 15 is 0 Å². The first-order valence-corrected chi connectivity index (χ1v) is 4.63. The quantitative estimate of drug-likeness (QED) is 0.648. The van der Waals surface area contributed by atoms with E-state index < -0.39 is 4.87 Å². The van der Waals surface area contributed by atoms with Crippen molar-refractivity contribution in [3.63, 3.8) is 0 Å². The molecule has 0 amide bonds. The van der Waals surface area contributed by atoms with Crippen LogP contribution in [0, 0.1) is 0 Å². The Balaban J connectivity index is 2.54. The van der Waals surface area contributed by atoms with Gasteiger partial charge in [0.15, 0.2) is 0 Å². The molecule has 1 aliphatic heterocycles. The van der Waals surface area contributed by atoms with Gasteiger partial charge in [0.25, 0.3) is 0 Å². The van der Waals surface area contributed by atoms with Crippen molar-refractivity contribution in [3.8, 4) is 0 Å². The molecule has 2 N–H and O–H groups in total. The molecule has 2 atom stereocenters. The third kappa shape index (κ3) is 1.64. The largest absolute Gasteiger partial charge is 0.395 e. The molecule has 0 spiro atoms. The molecule has 0 aromatic carbocycles. The molecule has 2 unspecified atom stereocenters. The molecular weight excluding hydrogens is 217 g/mol. The molecule has 1 rings (SSSR count). The molecule has 0 aromatic heterocycles. The van der Waals surface area contributed by atoms with Crippen LogP contribution in [0.25, 0.3) is 0 Å². The van der Waals surface area contributed by atoms with Gasteiger partial charge in [-0.25, -0.2) is 0 Å². The van der Waals surface area contributed by atoms with Crippen molar-refractivity contribution in [2.75, 3.05) is 19.7 Å². The van der Waals surface area contributed by atoms with Crippen LogP contribution in [0.5, 0.6) is 0 Å². The highest BCUT2D eigenvalue weighted by molar-refractivity contribution is 9.09. The second-order valence-corrected chi connectivity index (χ2v) is 4.47. The molecule has 1 saturated heterocycles. The van der Waals surface area contributed by atoms with Gasteiger partial charge in [0.05, 0.1) is 11.5 Å². The standard InChI is InChI=1S/C6H11BrClNO/c7-5-3-9-2-1-6(5,8)4-10/h5,9-10H,1-4H2. The molecule has 0 aliphatic carbocycles. The Morgan fingerprint density at radius 1 is 1.80 bits per heavy atom. The van der Waals surface area contributed by atoms with Crippen LogP contribution in [0.2, 0.25) is 0 Å². The van der Waals surface area contributed by atoms with Crippen LogP contribution in [-0.4, -0.2) is 34.5 Å². The average molecular weight is 229 g/mol. The Labute approximate surface area is 74.1 Å². The maximum absolute atomic E-state index is 8.93. The Kier molecular flexibility index (Phi) is 2.98. The number of nitrogens with one attached hydrogen (secondary N) is 1. The highest BCUT2D eigenvalue weighted by Crippen LogP contribution is 2.30. The van der Waals surface area contributed by atoms with E-state index in [1.165, 1.54) is 0 Å². The number of hydrogen-bond donors (Lipinski definition) is 2. The van der Waals surface area contributed by atoms with Gasteiger partial charge in [0, 0.05) is 11.4 Å². The van der Waals surface area contributed by atoms with Gasteiger partial charge < -0.3 is 10.4 Å². The minimum Gasteiger partial charge on any atom is -0.395 e. The number of aliphatic hydroxyl groups excluding tert-OH is 1. The van der Waals surface area contributed by atoms with Gasteiger partial charge in [0.1, 0.15) is 0 Å². The Morgan fingerprint density at radius 2 is 2.50 bits per heavy atom. The van der Waals surface area contributed by atoms with E-state index in [0.29, 0.717) is 0 Å². The van der Waals surface area contributed by atoms with Gasteiger partial charge in [-0.15, -0.1) is 11.6 Å². The van der Waals surface area contributed by atoms with Gasteiger partial charge in [0.2, 0.25) is 0 Å². The smallest absolute Gasteiger partial charge is 0.0825 e. The minimum absolute atomic E-state index is 0.0478. The summed E-state index contributed by atoms with van der Waals surface area (Å²) in [5.41, 5.74) is 0. The molecule has 0 aromatic rings. The highest BCUT2D eigenvalue weighted by atomic mass is 79.9. The lowest BCUT2D eigenvalue weighted by Crippen LogP contribution is -2.49.